The zero-order chi connectivity index (χ0) is 33.5. The minimum atomic E-state index is -0.251. The standard InChI is InChI=1S/C40H41N5O3.2ClH/c1-28(31-11-8-12-33(27-31)35-13-4-5-14-36(35)39(47)43-22-20-41)45(38(46)26-29-16-17-30-9-2-3-10-32(30)25-29)34-18-23-44(24-19-34)40(48)37-15-6-7-21-42-37;;/h2-17,21,25,27-28,34H,18-20,22-24,26,41H2,1H3,(H,43,47);2*1H. The summed E-state index contributed by atoms with van der Waals surface area (Å²) in [5, 5.41) is 5.12. The average Bonchev–Trinajstić information content (AvgIpc) is 3.14. The number of carbonyl (C=O) groups is 3. The number of benzene rings is 4. The van der Waals surface area contributed by atoms with E-state index < -0.39 is 0 Å². The van der Waals surface area contributed by atoms with E-state index in [9.17, 15) is 14.4 Å². The Labute approximate surface area is 305 Å². The number of hydrogen-bond acceptors (Lipinski definition) is 5. The first-order valence-electron chi connectivity index (χ1n) is 16.6. The number of nitrogens with one attached hydrogen (secondary N) is 1. The number of pyridine rings is 1. The first kappa shape index (κ1) is 38.0. The SMILES string of the molecule is CC(c1cccc(-c2ccccc2C(=O)NCCN)c1)N(C(=O)Cc1ccc2ccccc2c1)C1CCN(C(=O)c2ccccn2)CC1.Cl.Cl. The third kappa shape index (κ3) is 8.69. The van der Waals surface area contributed by atoms with Crippen LogP contribution < -0.4 is 11.1 Å². The van der Waals surface area contributed by atoms with Crippen molar-refractivity contribution in [3.05, 3.63) is 138 Å². The van der Waals surface area contributed by atoms with Crippen molar-refractivity contribution in [2.45, 2.75) is 38.3 Å². The summed E-state index contributed by atoms with van der Waals surface area (Å²) in [7, 11) is 0. The van der Waals surface area contributed by atoms with Gasteiger partial charge < -0.3 is 20.9 Å². The van der Waals surface area contributed by atoms with E-state index in [1.807, 2.05) is 76.5 Å². The van der Waals surface area contributed by atoms with Crippen molar-refractivity contribution in [1.29, 1.82) is 0 Å². The van der Waals surface area contributed by atoms with Gasteiger partial charge in [-0.3, -0.25) is 19.4 Å². The lowest BCUT2D eigenvalue weighted by molar-refractivity contribution is -0.136. The molecule has 0 saturated carbocycles. The largest absolute Gasteiger partial charge is 0.351 e. The molecule has 1 aliphatic rings. The summed E-state index contributed by atoms with van der Waals surface area (Å²) in [4.78, 5) is 48.6. The molecule has 1 atom stereocenters. The number of aromatic nitrogens is 1. The van der Waals surface area contributed by atoms with Crippen LogP contribution in [-0.4, -0.2) is 64.7 Å². The highest BCUT2D eigenvalue weighted by atomic mass is 35.5. The highest BCUT2D eigenvalue weighted by molar-refractivity contribution is 6.01. The molecule has 2 heterocycles. The molecule has 1 saturated heterocycles. The normalized spacial score (nSPS) is 13.4. The Morgan fingerprint density at radius 2 is 1.58 bits per heavy atom. The summed E-state index contributed by atoms with van der Waals surface area (Å²) in [5.41, 5.74) is 10.3. The molecule has 1 aromatic heterocycles. The second-order valence-corrected chi connectivity index (χ2v) is 12.3. The molecule has 1 aliphatic heterocycles. The maximum atomic E-state index is 14.4. The molecule has 50 heavy (non-hydrogen) atoms. The van der Waals surface area contributed by atoms with Crippen LogP contribution in [0.5, 0.6) is 0 Å². The van der Waals surface area contributed by atoms with Gasteiger partial charge in [0.05, 0.1) is 12.5 Å². The molecule has 0 bridgehead atoms. The van der Waals surface area contributed by atoms with Crippen LogP contribution in [0.2, 0.25) is 0 Å². The Morgan fingerprint density at radius 3 is 2.32 bits per heavy atom. The fraction of sp³-hybridized carbons (Fsp3) is 0.250. The van der Waals surface area contributed by atoms with Gasteiger partial charge in [0.1, 0.15) is 5.69 Å². The number of nitrogens with two attached hydrogens (primary N) is 1. The predicted molar refractivity (Wildman–Crippen MR) is 204 cm³/mol. The molecule has 4 aromatic carbocycles. The number of nitrogens with zero attached hydrogens (tertiary/aromatic N) is 3. The maximum absolute atomic E-state index is 14.4. The first-order valence-corrected chi connectivity index (χ1v) is 16.6. The van der Waals surface area contributed by atoms with Gasteiger partial charge in [-0.1, -0.05) is 84.9 Å². The van der Waals surface area contributed by atoms with Crippen molar-refractivity contribution in [1.82, 2.24) is 20.1 Å². The zero-order valence-corrected chi connectivity index (χ0v) is 29.7. The van der Waals surface area contributed by atoms with E-state index in [1.54, 1.807) is 18.3 Å². The van der Waals surface area contributed by atoms with E-state index in [-0.39, 0.29) is 61.0 Å². The Hall–Kier alpha value is -4.76. The topological polar surface area (TPSA) is 109 Å². The number of rotatable bonds is 10. The van der Waals surface area contributed by atoms with Crippen LogP contribution in [0.1, 0.15) is 57.8 Å². The van der Waals surface area contributed by atoms with Crippen molar-refractivity contribution >= 4 is 53.3 Å². The van der Waals surface area contributed by atoms with Gasteiger partial charge in [-0.2, -0.15) is 0 Å². The van der Waals surface area contributed by atoms with E-state index in [0.29, 0.717) is 50.3 Å². The van der Waals surface area contributed by atoms with E-state index in [0.717, 1.165) is 33.0 Å². The van der Waals surface area contributed by atoms with Crippen LogP contribution in [0.3, 0.4) is 0 Å². The molecular weight excluding hydrogens is 669 g/mol. The molecule has 3 amide bonds. The van der Waals surface area contributed by atoms with Gasteiger partial charge in [-0.25, -0.2) is 0 Å². The third-order valence-electron chi connectivity index (χ3n) is 9.19. The molecule has 0 radical (unpaired) electrons. The molecule has 3 N–H and O–H groups in total. The van der Waals surface area contributed by atoms with Crippen LogP contribution >= 0.6 is 24.8 Å². The van der Waals surface area contributed by atoms with Crippen LogP contribution in [0.15, 0.2) is 115 Å². The second kappa shape index (κ2) is 17.8. The number of likely N-dealkylation sites (tertiary alicyclic amines) is 1. The molecule has 1 unspecified atom stereocenters. The Balaban J connectivity index is 0.00000281. The minimum absolute atomic E-state index is 0. The highest BCUT2D eigenvalue weighted by Gasteiger charge is 2.33. The van der Waals surface area contributed by atoms with Gasteiger partial charge in [0.2, 0.25) is 5.91 Å². The third-order valence-corrected chi connectivity index (χ3v) is 9.19. The van der Waals surface area contributed by atoms with Crippen molar-refractivity contribution in [3.8, 4) is 11.1 Å². The lowest BCUT2D eigenvalue weighted by atomic mass is 9.93. The second-order valence-electron chi connectivity index (χ2n) is 12.3. The van der Waals surface area contributed by atoms with Crippen LogP contribution in [0, 0.1) is 0 Å². The quantitative estimate of drug-likeness (QED) is 0.164. The summed E-state index contributed by atoms with van der Waals surface area (Å²) in [6.07, 6.45) is 3.23. The van der Waals surface area contributed by atoms with E-state index >= 15 is 0 Å². The summed E-state index contributed by atoms with van der Waals surface area (Å²) in [5.74, 6) is -0.217. The Bertz CT molecular complexity index is 1910. The zero-order valence-electron chi connectivity index (χ0n) is 28.0. The first-order chi connectivity index (χ1) is 23.4. The van der Waals surface area contributed by atoms with Crippen LogP contribution in [0.4, 0.5) is 0 Å². The number of fused-ring (bicyclic) bond motifs is 1. The lowest BCUT2D eigenvalue weighted by Gasteiger charge is -2.42. The molecule has 6 rings (SSSR count). The summed E-state index contributed by atoms with van der Waals surface area (Å²) >= 11 is 0. The molecule has 5 aromatic rings. The number of halogens is 2. The van der Waals surface area contributed by atoms with E-state index in [1.165, 1.54) is 0 Å². The Kier molecular flexibility index (Phi) is 13.5. The summed E-state index contributed by atoms with van der Waals surface area (Å²) < 4.78 is 0. The van der Waals surface area contributed by atoms with Crippen molar-refractivity contribution in [2.24, 2.45) is 5.73 Å². The molecule has 8 nitrogen and oxygen atoms in total. The number of amides is 3. The monoisotopic (exact) mass is 711 g/mol. The molecule has 1 fully saturated rings. The van der Waals surface area contributed by atoms with Gasteiger partial charge in [0.25, 0.3) is 11.8 Å². The fourth-order valence-corrected chi connectivity index (χ4v) is 6.69. The van der Waals surface area contributed by atoms with Gasteiger partial charge in [0, 0.05) is 44.0 Å². The van der Waals surface area contributed by atoms with Gasteiger partial charge >= 0.3 is 0 Å². The van der Waals surface area contributed by atoms with Crippen LogP contribution in [0.25, 0.3) is 21.9 Å². The Morgan fingerprint density at radius 1 is 0.860 bits per heavy atom. The van der Waals surface area contributed by atoms with Crippen molar-refractivity contribution < 1.29 is 14.4 Å². The number of hydrogen-bond donors (Lipinski definition) is 2. The van der Waals surface area contributed by atoms with Gasteiger partial charge in [-0.05, 0) is 77.1 Å². The van der Waals surface area contributed by atoms with Gasteiger partial charge in [-0.15, -0.1) is 24.8 Å². The molecule has 0 spiro atoms. The van der Waals surface area contributed by atoms with Crippen molar-refractivity contribution in [2.75, 3.05) is 26.2 Å². The van der Waals surface area contributed by atoms with Crippen molar-refractivity contribution in [3.63, 3.8) is 0 Å². The average molecular weight is 713 g/mol. The molecule has 260 valence electrons. The maximum Gasteiger partial charge on any atom is 0.272 e. The van der Waals surface area contributed by atoms with Gasteiger partial charge in [0.15, 0.2) is 0 Å². The smallest absolute Gasteiger partial charge is 0.272 e. The molecule has 10 heteroatoms. The van der Waals surface area contributed by atoms with E-state index in [4.69, 9.17) is 5.73 Å². The molecule has 0 aliphatic carbocycles. The van der Waals surface area contributed by atoms with E-state index in [2.05, 4.69) is 47.6 Å². The molecular formula is C40H43Cl2N5O3. The fourth-order valence-electron chi connectivity index (χ4n) is 6.69. The lowest BCUT2D eigenvalue weighted by Crippen LogP contribution is -2.50. The summed E-state index contributed by atoms with van der Waals surface area (Å²) in [6.45, 7) is 3.91. The predicted octanol–water partition coefficient (Wildman–Crippen LogP) is 6.87. The van der Waals surface area contributed by atoms with Crippen LogP contribution in [-0.2, 0) is 11.2 Å². The minimum Gasteiger partial charge on any atom is -0.351 e. The highest BCUT2D eigenvalue weighted by Crippen LogP contribution is 2.32. The number of carbonyl (C=O) groups excluding carboxylic acids is 3. The summed E-state index contributed by atoms with van der Waals surface area (Å²) in [6, 6.07) is 35.0. The number of piperidine rings is 1.